The summed E-state index contributed by atoms with van der Waals surface area (Å²) in [6.07, 6.45) is 4.13. The van der Waals surface area contributed by atoms with E-state index in [9.17, 15) is 0 Å². The predicted octanol–water partition coefficient (Wildman–Crippen LogP) is 3.59. The average molecular weight is 422 g/mol. The number of hydrogen-bond donors (Lipinski definition) is 1. The van der Waals surface area contributed by atoms with Gasteiger partial charge in [0, 0.05) is 44.3 Å². The van der Waals surface area contributed by atoms with Crippen LogP contribution in [-0.4, -0.2) is 49.1 Å². The topological polar surface area (TPSA) is 85.0 Å². The lowest BCUT2D eigenvalue weighted by Gasteiger charge is -2.29. The van der Waals surface area contributed by atoms with Gasteiger partial charge in [0.05, 0.1) is 32.2 Å². The Morgan fingerprint density at radius 3 is 2.84 bits per heavy atom. The second-order valence-corrected chi connectivity index (χ2v) is 7.38. The Bertz CT molecular complexity index is 1030. The predicted molar refractivity (Wildman–Crippen MR) is 120 cm³/mol. The lowest BCUT2D eigenvalue weighted by atomic mass is 10.2. The first-order chi connectivity index (χ1) is 15.2. The summed E-state index contributed by atoms with van der Waals surface area (Å²) in [4.78, 5) is 10.9. The summed E-state index contributed by atoms with van der Waals surface area (Å²) in [5.41, 5.74) is 6.27. The molecule has 1 aromatic carbocycles. The number of nitrogens with one attached hydrogen (secondary N) is 1. The monoisotopic (exact) mass is 421 g/mol. The molecule has 3 heterocycles. The van der Waals surface area contributed by atoms with Gasteiger partial charge in [0.1, 0.15) is 5.76 Å². The fraction of sp³-hybridized carbons (Fsp3) is 0.348. The van der Waals surface area contributed by atoms with E-state index in [0.29, 0.717) is 43.8 Å². The summed E-state index contributed by atoms with van der Waals surface area (Å²) in [7, 11) is 0. The first-order valence-electron chi connectivity index (χ1n) is 10.4. The third-order valence-electron chi connectivity index (χ3n) is 4.87. The SMILES string of the molecule is Cc1cccc(/C=N/Nc2cc(N3CCOCC3)cc(OCCc3cnc(C)o3)n2)c1. The van der Waals surface area contributed by atoms with Crippen molar-refractivity contribution in [2.24, 2.45) is 5.10 Å². The van der Waals surface area contributed by atoms with Gasteiger partial charge in [-0.15, -0.1) is 0 Å². The Morgan fingerprint density at radius 1 is 1.19 bits per heavy atom. The van der Waals surface area contributed by atoms with E-state index in [1.165, 1.54) is 5.56 Å². The van der Waals surface area contributed by atoms with Gasteiger partial charge in [-0.25, -0.2) is 4.98 Å². The van der Waals surface area contributed by atoms with Crippen molar-refractivity contribution in [1.29, 1.82) is 0 Å². The Balaban J connectivity index is 1.46. The first kappa shape index (κ1) is 20.9. The van der Waals surface area contributed by atoms with Crippen molar-refractivity contribution in [1.82, 2.24) is 9.97 Å². The third-order valence-corrected chi connectivity index (χ3v) is 4.87. The molecule has 1 saturated heterocycles. The van der Waals surface area contributed by atoms with E-state index in [1.807, 2.05) is 31.2 Å². The Morgan fingerprint density at radius 2 is 2.06 bits per heavy atom. The minimum Gasteiger partial charge on any atom is -0.477 e. The highest BCUT2D eigenvalue weighted by atomic mass is 16.5. The quantitative estimate of drug-likeness (QED) is 0.439. The fourth-order valence-electron chi connectivity index (χ4n) is 3.33. The highest BCUT2D eigenvalue weighted by molar-refractivity contribution is 5.80. The third kappa shape index (κ3) is 6.05. The smallest absolute Gasteiger partial charge is 0.217 e. The summed E-state index contributed by atoms with van der Waals surface area (Å²) in [6, 6.07) is 12.1. The van der Waals surface area contributed by atoms with Crippen molar-refractivity contribution in [2.75, 3.05) is 43.2 Å². The van der Waals surface area contributed by atoms with E-state index in [4.69, 9.17) is 13.9 Å². The zero-order valence-corrected chi connectivity index (χ0v) is 17.9. The number of hydrazone groups is 1. The number of aryl methyl sites for hydroxylation is 2. The highest BCUT2D eigenvalue weighted by Gasteiger charge is 2.14. The van der Waals surface area contributed by atoms with Crippen LogP contribution in [0.1, 0.15) is 22.8 Å². The maximum absolute atomic E-state index is 5.92. The van der Waals surface area contributed by atoms with Gasteiger partial charge >= 0.3 is 0 Å². The number of aromatic nitrogens is 2. The van der Waals surface area contributed by atoms with E-state index < -0.39 is 0 Å². The van der Waals surface area contributed by atoms with Gasteiger partial charge in [-0.1, -0.05) is 29.8 Å². The lowest BCUT2D eigenvalue weighted by Crippen LogP contribution is -2.36. The Kier molecular flexibility index (Phi) is 6.78. The van der Waals surface area contributed by atoms with Crippen molar-refractivity contribution >= 4 is 17.7 Å². The average Bonchev–Trinajstić information content (AvgIpc) is 3.19. The van der Waals surface area contributed by atoms with Crippen LogP contribution in [0.4, 0.5) is 11.5 Å². The van der Waals surface area contributed by atoms with Gasteiger partial charge in [-0.05, 0) is 12.5 Å². The molecule has 0 radical (unpaired) electrons. The van der Waals surface area contributed by atoms with Crippen LogP contribution >= 0.6 is 0 Å². The van der Waals surface area contributed by atoms with E-state index in [-0.39, 0.29) is 0 Å². The highest BCUT2D eigenvalue weighted by Crippen LogP contribution is 2.25. The molecule has 0 atom stereocenters. The Labute approximate surface area is 181 Å². The molecule has 31 heavy (non-hydrogen) atoms. The van der Waals surface area contributed by atoms with Gasteiger partial charge in [0.25, 0.3) is 0 Å². The van der Waals surface area contributed by atoms with Crippen molar-refractivity contribution in [3.05, 3.63) is 65.4 Å². The van der Waals surface area contributed by atoms with Crippen LogP contribution in [0.15, 0.2) is 52.1 Å². The van der Waals surface area contributed by atoms with Crippen LogP contribution in [-0.2, 0) is 11.2 Å². The standard InChI is InChI=1S/C23H27N5O3/c1-17-4-3-5-19(12-17)15-25-27-22-13-20(28-7-10-29-11-8-28)14-23(26-22)30-9-6-21-16-24-18(2)31-21/h3-5,12-16H,6-11H2,1-2H3,(H,26,27)/b25-15+. The number of morpholine rings is 1. The summed E-state index contributed by atoms with van der Waals surface area (Å²) in [6.45, 7) is 7.39. The molecule has 162 valence electrons. The van der Waals surface area contributed by atoms with Crippen molar-refractivity contribution < 1.29 is 13.9 Å². The molecule has 8 nitrogen and oxygen atoms in total. The molecule has 8 heteroatoms. The molecule has 0 spiro atoms. The molecule has 1 aliphatic heterocycles. The molecule has 0 unspecified atom stereocenters. The van der Waals surface area contributed by atoms with E-state index in [0.717, 1.165) is 30.1 Å². The molecule has 4 rings (SSSR count). The minimum absolute atomic E-state index is 0.445. The van der Waals surface area contributed by atoms with Crippen LogP contribution in [0.2, 0.25) is 0 Å². The van der Waals surface area contributed by atoms with Crippen LogP contribution in [0, 0.1) is 13.8 Å². The van der Waals surface area contributed by atoms with E-state index >= 15 is 0 Å². The van der Waals surface area contributed by atoms with Crippen LogP contribution in [0.3, 0.4) is 0 Å². The van der Waals surface area contributed by atoms with Crippen molar-refractivity contribution in [2.45, 2.75) is 20.3 Å². The van der Waals surface area contributed by atoms with E-state index in [2.05, 4.69) is 44.5 Å². The molecular weight excluding hydrogens is 394 g/mol. The molecule has 0 bridgehead atoms. The van der Waals surface area contributed by atoms with Crippen LogP contribution in [0.5, 0.6) is 5.88 Å². The molecule has 3 aromatic rings. The maximum atomic E-state index is 5.92. The summed E-state index contributed by atoms with van der Waals surface area (Å²) >= 11 is 0. The molecule has 0 aliphatic carbocycles. The van der Waals surface area contributed by atoms with Gasteiger partial charge in [0.15, 0.2) is 11.7 Å². The zero-order chi connectivity index (χ0) is 21.5. The largest absolute Gasteiger partial charge is 0.477 e. The number of hydrogen-bond acceptors (Lipinski definition) is 8. The second-order valence-electron chi connectivity index (χ2n) is 7.38. The molecule has 1 N–H and O–H groups in total. The fourth-order valence-corrected chi connectivity index (χ4v) is 3.33. The van der Waals surface area contributed by atoms with E-state index in [1.54, 1.807) is 12.4 Å². The molecule has 2 aromatic heterocycles. The maximum Gasteiger partial charge on any atom is 0.217 e. The molecule has 0 amide bonds. The van der Waals surface area contributed by atoms with Gasteiger partial charge < -0.3 is 18.8 Å². The number of rotatable bonds is 8. The lowest BCUT2D eigenvalue weighted by molar-refractivity contribution is 0.122. The molecule has 1 fully saturated rings. The second kappa shape index (κ2) is 10.1. The van der Waals surface area contributed by atoms with Gasteiger partial charge in [-0.3, -0.25) is 5.43 Å². The summed E-state index contributed by atoms with van der Waals surface area (Å²) < 4.78 is 16.9. The molecule has 0 saturated carbocycles. The number of ether oxygens (including phenoxy) is 2. The zero-order valence-electron chi connectivity index (χ0n) is 17.9. The van der Waals surface area contributed by atoms with Gasteiger partial charge in [-0.2, -0.15) is 10.1 Å². The van der Waals surface area contributed by atoms with Crippen LogP contribution in [0.25, 0.3) is 0 Å². The normalized spacial score (nSPS) is 14.2. The molecule has 1 aliphatic rings. The molecular formula is C23H27N5O3. The Hall–Kier alpha value is -3.39. The number of anilines is 2. The van der Waals surface area contributed by atoms with Gasteiger partial charge in [0.2, 0.25) is 5.88 Å². The first-order valence-corrected chi connectivity index (χ1v) is 10.4. The number of oxazole rings is 1. The van der Waals surface area contributed by atoms with Crippen LogP contribution < -0.4 is 15.1 Å². The summed E-state index contributed by atoms with van der Waals surface area (Å²) in [5, 5.41) is 4.35. The van der Waals surface area contributed by atoms with Crippen molar-refractivity contribution in [3.8, 4) is 5.88 Å². The number of pyridine rings is 1. The number of benzene rings is 1. The summed E-state index contributed by atoms with van der Waals surface area (Å²) in [5.74, 6) is 2.61. The van der Waals surface area contributed by atoms with Crippen molar-refractivity contribution in [3.63, 3.8) is 0 Å². The minimum atomic E-state index is 0.445. The number of nitrogens with zero attached hydrogens (tertiary/aromatic N) is 4.